The fraction of sp³-hybridized carbons (Fsp3) is 0.0500. The van der Waals surface area contributed by atoms with Crippen molar-refractivity contribution < 1.29 is 4.92 Å². The molecule has 0 bridgehead atoms. The molecular formula is C20H14N4O3. The van der Waals surface area contributed by atoms with Crippen molar-refractivity contribution in [1.82, 2.24) is 14.5 Å². The summed E-state index contributed by atoms with van der Waals surface area (Å²) in [5.74, 6) is 0. The highest BCUT2D eigenvalue weighted by Crippen LogP contribution is 2.28. The molecule has 0 fully saturated rings. The summed E-state index contributed by atoms with van der Waals surface area (Å²) in [5, 5.41) is 11.8. The van der Waals surface area contributed by atoms with Crippen LogP contribution < -0.4 is 5.69 Å². The summed E-state index contributed by atoms with van der Waals surface area (Å²) in [4.78, 5) is 31.8. The Morgan fingerprint density at radius 3 is 2.56 bits per heavy atom. The first-order chi connectivity index (χ1) is 13.1. The third kappa shape index (κ3) is 3.18. The highest BCUT2D eigenvalue weighted by atomic mass is 16.6. The van der Waals surface area contributed by atoms with Crippen molar-refractivity contribution in [2.45, 2.75) is 6.54 Å². The predicted octanol–water partition coefficient (Wildman–Crippen LogP) is 3.42. The Morgan fingerprint density at radius 1 is 1.04 bits per heavy atom. The van der Waals surface area contributed by atoms with Gasteiger partial charge in [-0.2, -0.15) is 4.98 Å². The summed E-state index contributed by atoms with van der Waals surface area (Å²) >= 11 is 0. The molecule has 0 saturated carbocycles. The van der Waals surface area contributed by atoms with Gasteiger partial charge in [-0.25, -0.2) is 4.79 Å². The zero-order valence-electron chi connectivity index (χ0n) is 14.1. The fourth-order valence-corrected chi connectivity index (χ4v) is 3.03. The second-order valence-corrected chi connectivity index (χ2v) is 6.01. The molecule has 4 rings (SSSR count). The molecule has 2 aromatic heterocycles. The lowest BCUT2D eigenvalue weighted by atomic mass is 10.1. The number of aromatic nitrogens is 3. The summed E-state index contributed by atoms with van der Waals surface area (Å²) in [6.45, 7) is 0.281. The molecule has 2 heterocycles. The minimum absolute atomic E-state index is 0.0481. The quantitative estimate of drug-likeness (QED) is 0.412. The van der Waals surface area contributed by atoms with E-state index in [1.807, 2.05) is 36.4 Å². The van der Waals surface area contributed by atoms with Crippen LogP contribution in [0, 0.1) is 10.1 Å². The Labute approximate surface area is 153 Å². The van der Waals surface area contributed by atoms with Crippen LogP contribution in [-0.2, 0) is 6.54 Å². The van der Waals surface area contributed by atoms with Gasteiger partial charge in [0.25, 0.3) is 5.69 Å². The maximum atomic E-state index is 12.7. The van der Waals surface area contributed by atoms with E-state index < -0.39 is 10.6 Å². The molecule has 4 aromatic rings. The van der Waals surface area contributed by atoms with E-state index in [0.29, 0.717) is 16.6 Å². The van der Waals surface area contributed by atoms with Gasteiger partial charge in [0.2, 0.25) is 0 Å². The maximum Gasteiger partial charge on any atom is 0.348 e. The number of pyridine rings is 1. The van der Waals surface area contributed by atoms with Gasteiger partial charge in [0.15, 0.2) is 0 Å². The number of hydrogen-bond donors (Lipinski definition) is 0. The van der Waals surface area contributed by atoms with Gasteiger partial charge < -0.3 is 0 Å². The van der Waals surface area contributed by atoms with E-state index in [4.69, 9.17) is 0 Å². The zero-order chi connectivity index (χ0) is 18.8. The molecule has 0 unspecified atom stereocenters. The molecule has 0 atom stereocenters. The molecule has 132 valence electrons. The van der Waals surface area contributed by atoms with Crippen molar-refractivity contribution in [1.29, 1.82) is 0 Å². The lowest BCUT2D eigenvalue weighted by Crippen LogP contribution is -2.24. The van der Waals surface area contributed by atoms with Gasteiger partial charge >= 0.3 is 5.69 Å². The average molecular weight is 358 g/mol. The Hall–Kier alpha value is -3.87. The standard InChI is InChI=1S/C20H14N4O3/c25-20-22-19(15-6-2-1-3-7-15)17-11-16(24(26)27)8-9-18(17)23(20)13-14-5-4-10-21-12-14/h1-12H,13H2. The highest BCUT2D eigenvalue weighted by Gasteiger charge is 2.16. The van der Waals surface area contributed by atoms with E-state index in [2.05, 4.69) is 9.97 Å². The van der Waals surface area contributed by atoms with Gasteiger partial charge in [0.05, 0.1) is 22.7 Å². The van der Waals surface area contributed by atoms with Crippen molar-refractivity contribution in [3.05, 3.63) is 99.2 Å². The molecule has 0 saturated heterocycles. The first kappa shape index (κ1) is 16.6. The predicted molar refractivity (Wildman–Crippen MR) is 101 cm³/mol. The molecule has 0 spiro atoms. The smallest absolute Gasteiger partial charge is 0.287 e. The molecule has 0 N–H and O–H groups in total. The van der Waals surface area contributed by atoms with E-state index in [0.717, 1.165) is 11.1 Å². The molecule has 0 aliphatic rings. The first-order valence-corrected chi connectivity index (χ1v) is 8.27. The molecule has 27 heavy (non-hydrogen) atoms. The van der Waals surface area contributed by atoms with Crippen LogP contribution in [0.5, 0.6) is 0 Å². The fourth-order valence-electron chi connectivity index (χ4n) is 3.03. The van der Waals surface area contributed by atoms with Crippen molar-refractivity contribution in [3.8, 4) is 11.3 Å². The van der Waals surface area contributed by atoms with Crippen molar-refractivity contribution >= 4 is 16.6 Å². The number of benzene rings is 2. The van der Waals surface area contributed by atoms with Crippen LogP contribution in [0.2, 0.25) is 0 Å². The van der Waals surface area contributed by atoms with Crippen LogP contribution in [-0.4, -0.2) is 19.5 Å². The molecular weight excluding hydrogens is 344 g/mol. The van der Waals surface area contributed by atoms with Crippen molar-refractivity contribution in [2.24, 2.45) is 0 Å². The number of rotatable bonds is 4. The lowest BCUT2D eigenvalue weighted by molar-refractivity contribution is -0.384. The largest absolute Gasteiger partial charge is 0.348 e. The maximum absolute atomic E-state index is 12.7. The van der Waals surface area contributed by atoms with E-state index in [1.54, 1.807) is 24.5 Å². The number of fused-ring (bicyclic) bond motifs is 1. The van der Waals surface area contributed by atoms with Gasteiger partial charge in [-0.3, -0.25) is 19.7 Å². The van der Waals surface area contributed by atoms with Crippen LogP contribution in [0.3, 0.4) is 0 Å². The van der Waals surface area contributed by atoms with Crippen molar-refractivity contribution in [2.75, 3.05) is 0 Å². The molecule has 2 aromatic carbocycles. The van der Waals surface area contributed by atoms with Crippen LogP contribution in [0.25, 0.3) is 22.2 Å². The van der Waals surface area contributed by atoms with Crippen molar-refractivity contribution in [3.63, 3.8) is 0 Å². The highest BCUT2D eigenvalue weighted by molar-refractivity contribution is 5.93. The van der Waals surface area contributed by atoms with Crippen LogP contribution in [0.15, 0.2) is 77.9 Å². The van der Waals surface area contributed by atoms with E-state index >= 15 is 0 Å². The molecule has 0 aliphatic heterocycles. The SMILES string of the molecule is O=c1nc(-c2ccccc2)c2cc([N+](=O)[O-])ccc2n1Cc1cccnc1. The molecule has 0 amide bonds. The number of nitro groups is 1. The van der Waals surface area contributed by atoms with Crippen LogP contribution in [0.4, 0.5) is 5.69 Å². The summed E-state index contributed by atoms with van der Waals surface area (Å²) in [5.41, 5.74) is 2.12. The summed E-state index contributed by atoms with van der Waals surface area (Å²) in [6.07, 6.45) is 3.33. The molecule has 7 nitrogen and oxygen atoms in total. The average Bonchev–Trinajstić information content (AvgIpc) is 2.71. The van der Waals surface area contributed by atoms with Crippen LogP contribution >= 0.6 is 0 Å². The Morgan fingerprint density at radius 2 is 1.85 bits per heavy atom. The lowest BCUT2D eigenvalue weighted by Gasteiger charge is -2.13. The van der Waals surface area contributed by atoms with Gasteiger partial charge in [-0.15, -0.1) is 0 Å². The third-order valence-corrected chi connectivity index (χ3v) is 4.29. The molecule has 7 heteroatoms. The van der Waals surface area contributed by atoms with Gasteiger partial charge in [-0.1, -0.05) is 36.4 Å². The minimum atomic E-state index is -0.454. The second-order valence-electron chi connectivity index (χ2n) is 6.01. The van der Waals surface area contributed by atoms with Gasteiger partial charge in [-0.05, 0) is 17.7 Å². The normalized spacial score (nSPS) is 10.8. The minimum Gasteiger partial charge on any atom is -0.287 e. The van der Waals surface area contributed by atoms with E-state index in [9.17, 15) is 14.9 Å². The Kier molecular flexibility index (Phi) is 4.18. The number of hydrogen-bond acceptors (Lipinski definition) is 5. The molecule has 0 aliphatic carbocycles. The van der Waals surface area contributed by atoms with Gasteiger partial charge in [0.1, 0.15) is 0 Å². The van der Waals surface area contributed by atoms with E-state index in [-0.39, 0.29) is 12.2 Å². The second kappa shape index (κ2) is 6.80. The Bertz CT molecular complexity index is 1190. The third-order valence-electron chi connectivity index (χ3n) is 4.29. The number of non-ortho nitro benzene ring substituents is 1. The first-order valence-electron chi connectivity index (χ1n) is 8.27. The number of nitro benzene ring substituents is 1. The topological polar surface area (TPSA) is 90.9 Å². The Balaban J connectivity index is 1.99. The monoisotopic (exact) mass is 358 g/mol. The van der Waals surface area contributed by atoms with Crippen LogP contribution in [0.1, 0.15) is 5.56 Å². The van der Waals surface area contributed by atoms with Gasteiger partial charge in [0, 0.05) is 35.5 Å². The zero-order valence-corrected chi connectivity index (χ0v) is 14.1. The number of nitrogens with zero attached hydrogens (tertiary/aromatic N) is 4. The summed E-state index contributed by atoms with van der Waals surface area (Å²) in [6, 6.07) is 17.3. The van der Waals surface area contributed by atoms with E-state index in [1.165, 1.54) is 16.7 Å². The summed E-state index contributed by atoms with van der Waals surface area (Å²) < 4.78 is 1.50. The summed E-state index contributed by atoms with van der Waals surface area (Å²) in [7, 11) is 0. The molecule has 0 radical (unpaired) electrons.